The van der Waals surface area contributed by atoms with Gasteiger partial charge in [0, 0.05) is 17.4 Å². The highest BCUT2D eigenvalue weighted by atomic mass is 32.2. The van der Waals surface area contributed by atoms with Crippen molar-refractivity contribution in [3.05, 3.63) is 89.7 Å². The number of hydrogen-bond acceptors (Lipinski definition) is 4. The SMILES string of the molecule is CCCCc1ccc(NS(=O)(=O)c2cccc(C(=O)NCc3ccccn3)c2)cc1. The molecule has 156 valence electrons. The summed E-state index contributed by atoms with van der Waals surface area (Å²) in [5.74, 6) is -0.363. The van der Waals surface area contributed by atoms with E-state index in [1.54, 1.807) is 42.6 Å². The number of nitrogens with one attached hydrogen (secondary N) is 2. The predicted octanol–water partition coefficient (Wildman–Crippen LogP) is 4.16. The number of aryl methyl sites for hydroxylation is 1. The smallest absolute Gasteiger partial charge is 0.261 e. The molecule has 0 atom stereocenters. The van der Waals surface area contributed by atoms with Gasteiger partial charge in [-0.15, -0.1) is 0 Å². The lowest BCUT2D eigenvalue weighted by Gasteiger charge is -2.10. The molecule has 0 saturated carbocycles. The quantitative estimate of drug-likeness (QED) is 0.541. The summed E-state index contributed by atoms with van der Waals surface area (Å²) < 4.78 is 28.1. The zero-order chi connectivity index (χ0) is 21.4. The minimum absolute atomic E-state index is 0.0306. The lowest BCUT2D eigenvalue weighted by Crippen LogP contribution is -2.23. The van der Waals surface area contributed by atoms with Crippen molar-refractivity contribution in [2.75, 3.05) is 4.72 Å². The Morgan fingerprint density at radius 2 is 1.80 bits per heavy atom. The number of unbranched alkanes of at least 4 members (excludes halogenated alkanes) is 1. The summed E-state index contributed by atoms with van der Waals surface area (Å²) in [6.07, 6.45) is 4.83. The lowest BCUT2D eigenvalue weighted by molar-refractivity contribution is 0.0950. The van der Waals surface area contributed by atoms with Crippen molar-refractivity contribution in [1.29, 1.82) is 0 Å². The van der Waals surface area contributed by atoms with Gasteiger partial charge in [0.15, 0.2) is 0 Å². The van der Waals surface area contributed by atoms with E-state index in [0.717, 1.165) is 25.0 Å². The number of hydrogen-bond donors (Lipinski definition) is 2. The lowest BCUT2D eigenvalue weighted by atomic mass is 10.1. The molecule has 0 saturated heterocycles. The van der Waals surface area contributed by atoms with Gasteiger partial charge in [-0.1, -0.05) is 37.6 Å². The van der Waals surface area contributed by atoms with Crippen LogP contribution in [0.3, 0.4) is 0 Å². The molecule has 1 amide bonds. The van der Waals surface area contributed by atoms with E-state index in [1.165, 1.54) is 17.7 Å². The Balaban J connectivity index is 1.68. The summed E-state index contributed by atoms with van der Waals surface area (Å²) in [5, 5.41) is 2.75. The Morgan fingerprint density at radius 3 is 2.50 bits per heavy atom. The van der Waals surface area contributed by atoms with Gasteiger partial charge in [0.1, 0.15) is 0 Å². The summed E-state index contributed by atoms with van der Waals surface area (Å²) in [6.45, 7) is 2.40. The van der Waals surface area contributed by atoms with Crippen LogP contribution >= 0.6 is 0 Å². The predicted molar refractivity (Wildman–Crippen MR) is 118 cm³/mol. The zero-order valence-electron chi connectivity index (χ0n) is 16.8. The van der Waals surface area contributed by atoms with Gasteiger partial charge in [0.25, 0.3) is 15.9 Å². The molecule has 0 aliphatic carbocycles. The molecule has 0 bridgehead atoms. The van der Waals surface area contributed by atoms with Crippen molar-refractivity contribution in [2.45, 2.75) is 37.6 Å². The molecule has 0 unspecified atom stereocenters. The van der Waals surface area contributed by atoms with Crippen LogP contribution in [-0.4, -0.2) is 19.3 Å². The molecule has 1 heterocycles. The Morgan fingerprint density at radius 1 is 1.00 bits per heavy atom. The first-order chi connectivity index (χ1) is 14.5. The van der Waals surface area contributed by atoms with Gasteiger partial charge in [0.05, 0.1) is 17.1 Å². The largest absolute Gasteiger partial charge is 0.346 e. The minimum atomic E-state index is -3.81. The standard InChI is InChI=1S/C23H25N3O3S/c1-2-3-7-18-11-13-20(14-12-18)26-30(28,29)22-10-6-8-19(16-22)23(27)25-17-21-9-4-5-15-24-21/h4-6,8-16,26H,2-3,7,17H2,1H3,(H,25,27). The fourth-order valence-electron chi connectivity index (χ4n) is 2.91. The highest BCUT2D eigenvalue weighted by molar-refractivity contribution is 7.92. The Bertz CT molecular complexity index is 1080. The Labute approximate surface area is 177 Å². The molecule has 2 aromatic carbocycles. The third-order valence-electron chi connectivity index (χ3n) is 4.59. The normalized spacial score (nSPS) is 11.1. The Kier molecular flexibility index (Phi) is 7.19. The molecule has 3 rings (SSSR count). The third kappa shape index (κ3) is 5.90. The molecule has 30 heavy (non-hydrogen) atoms. The number of carbonyl (C=O) groups excluding carboxylic acids is 1. The molecule has 0 fully saturated rings. The molecule has 2 N–H and O–H groups in total. The summed E-state index contributed by atoms with van der Waals surface area (Å²) in [6, 6.07) is 18.8. The van der Waals surface area contributed by atoms with E-state index >= 15 is 0 Å². The van der Waals surface area contributed by atoms with Crippen LogP contribution in [0.25, 0.3) is 0 Å². The zero-order valence-corrected chi connectivity index (χ0v) is 17.7. The number of nitrogens with zero attached hydrogens (tertiary/aromatic N) is 1. The van der Waals surface area contributed by atoms with Crippen molar-refractivity contribution in [3.8, 4) is 0 Å². The number of benzene rings is 2. The Hall–Kier alpha value is -3.19. The first-order valence-electron chi connectivity index (χ1n) is 9.88. The molecular formula is C23H25N3O3S. The van der Waals surface area contributed by atoms with Crippen molar-refractivity contribution >= 4 is 21.6 Å². The highest BCUT2D eigenvalue weighted by Crippen LogP contribution is 2.18. The summed E-state index contributed by atoms with van der Waals surface area (Å²) >= 11 is 0. The number of amides is 1. The van der Waals surface area contributed by atoms with E-state index in [4.69, 9.17) is 0 Å². The number of carbonyl (C=O) groups is 1. The van der Waals surface area contributed by atoms with Gasteiger partial charge in [0.2, 0.25) is 0 Å². The monoisotopic (exact) mass is 423 g/mol. The maximum Gasteiger partial charge on any atom is 0.261 e. The van der Waals surface area contributed by atoms with Gasteiger partial charge in [-0.3, -0.25) is 14.5 Å². The van der Waals surface area contributed by atoms with Gasteiger partial charge < -0.3 is 5.32 Å². The average Bonchev–Trinajstić information content (AvgIpc) is 2.77. The topological polar surface area (TPSA) is 88.2 Å². The molecule has 1 aromatic heterocycles. The van der Waals surface area contributed by atoms with Crippen LogP contribution in [0.15, 0.2) is 77.8 Å². The average molecular weight is 424 g/mol. The van der Waals surface area contributed by atoms with E-state index in [9.17, 15) is 13.2 Å². The van der Waals surface area contributed by atoms with Crippen LogP contribution < -0.4 is 10.0 Å². The van der Waals surface area contributed by atoms with Gasteiger partial charge >= 0.3 is 0 Å². The van der Waals surface area contributed by atoms with Crippen LogP contribution in [0, 0.1) is 0 Å². The first-order valence-corrected chi connectivity index (χ1v) is 11.4. The van der Waals surface area contributed by atoms with Crippen molar-refractivity contribution < 1.29 is 13.2 Å². The third-order valence-corrected chi connectivity index (χ3v) is 5.97. The molecule has 7 heteroatoms. The summed E-state index contributed by atoms with van der Waals surface area (Å²) in [5.41, 5.74) is 2.65. The molecule has 3 aromatic rings. The van der Waals surface area contributed by atoms with E-state index in [2.05, 4.69) is 21.9 Å². The van der Waals surface area contributed by atoms with E-state index in [-0.39, 0.29) is 22.9 Å². The maximum absolute atomic E-state index is 12.8. The number of anilines is 1. The van der Waals surface area contributed by atoms with Crippen LogP contribution in [0.2, 0.25) is 0 Å². The molecule has 0 aliphatic rings. The van der Waals surface area contributed by atoms with Gasteiger partial charge in [-0.2, -0.15) is 0 Å². The molecule has 0 radical (unpaired) electrons. The summed E-state index contributed by atoms with van der Waals surface area (Å²) in [4.78, 5) is 16.6. The van der Waals surface area contributed by atoms with Crippen LogP contribution in [-0.2, 0) is 23.0 Å². The minimum Gasteiger partial charge on any atom is -0.346 e. The number of rotatable bonds is 9. The van der Waals surface area contributed by atoms with E-state index in [0.29, 0.717) is 5.69 Å². The molecule has 0 spiro atoms. The van der Waals surface area contributed by atoms with Crippen LogP contribution in [0.1, 0.15) is 41.4 Å². The fraction of sp³-hybridized carbons (Fsp3) is 0.217. The van der Waals surface area contributed by atoms with Gasteiger partial charge in [-0.25, -0.2) is 8.42 Å². The van der Waals surface area contributed by atoms with Crippen LogP contribution in [0.5, 0.6) is 0 Å². The summed E-state index contributed by atoms with van der Waals surface area (Å²) in [7, 11) is -3.81. The molecule has 0 aliphatic heterocycles. The van der Waals surface area contributed by atoms with Crippen LogP contribution in [0.4, 0.5) is 5.69 Å². The second-order valence-electron chi connectivity index (χ2n) is 6.94. The second kappa shape index (κ2) is 10.0. The van der Waals surface area contributed by atoms with E-state index < -0.39 is 10.0 Å². The van der Waals surface area contributed by atoms with Crippen molar-refractivity contribution in [2.24, 2.45) is 0 Å². The van der Waals surface area contributed by atoms with Crippen molar-refractivity contribution in [1.82, 2.24) is 10.3 Å². The van der Waals surface area contributed by atoms with Gasteiger partial charge in [-0.05, 0) is 60.9 Å². The second-order valence-corrected chi connectivity index (χ2v) is 8.62. The maximum atomic E-state index is 12.8. The number of sulfonamides is 1. The van der Waals surface area contributed by atoms with E-state index in [1.807, 2.05) is 18.2 Å². The number of aromatic nitrogens is 1. The molecule has 6 nitrogen and oxygen atoms in total. The highest BCUT2D eigenvalue weighted by Gasteiger charge is 2.16. The molecular weight excluding hydrogens is 398 g/mol. The first kappa shape index (κ1) is 21.5. The van der Waals surface area contributed by atoms with Crippen molar-refractivity contribution in [3.63, 3.8) is 0 Å². The fourth-order valence-corrected chi connectivity index (χ4v) is 4.02. The number of pyridine rings is 1.